The van der Waals surface area contributed by atoms with E-state index in [4.69, 9.17) is 9.47 Å². The van der Waals surface area contributed by atoms with E-state index in [-0.39, 0.29) is 12.8 Å². The number of unbranched alkanes of at least 4 members (excludes halogenated alkanes) is 14. The molecule has 1 rings (SSSR count). The highest BCUT2D eigenvalue weighted by Crippen LogP contribution is 2.23. The van der Waals surface area contributed by atoms with E-state index in [1.165, 1.54) is 38.5 Å². The van der Waals surface area contributed by atoms with Crippen LogP contribution in [0, 0.1) is 0 Å². The number of hydrogen-bond acceptors (Lipinski definition) is 10. The van der Waals surface area contributed by atoms with E-state index in [2.05, 4.69) is 49.5 Å². The Morgan fingerprint density at radius 3 is 1.77 bits per heavy atom. The van der Waals surface area contributed by atoms with E-state index in [1.54, 1.807) is 0 Å². The zero-order valence-corrected chi connectivity index (χ0v) is 32.3. The SMILES string of the molecule is CCCC/C=C/CC/C=C/CCCC(O)C(O)C(COC1OC(CO)C(O)C(O)C1O)NC(=O)C(O)CCCCCCCC/C=C\CCCCCC. The molecule has 0 aromatic heterocycles. The van der Waals surface area contributed by atoms with Crippen molar-refractivity contribution in [3.8, 4) is 0 Å². The number of nitrogens with one attached hydrogen (secondary N) is 1. The molecule has 0 aromatic carbocycles. The number of allylic oxidation sites excluding steroid dienone is 6. The Kier molecular flexibility index (Phi) is 29.4. The Balaban J connectivity index is 2.57. The van der Waals surface area contributed by atoms with Crippen molar-refractivity contribution in [2.45, 2.75) is 204 Å². The average Bonchev–Trinajstić information content (AvgIpc) is 3.14. The lowest BCUT2D eigenvalue weighted by Crippen LogP contribution is -2.60. The van der Waals surface area contributed by atoms with Gasteiger partial charge in [-0.2, -0.15) is 0 Å². The summed E-state index contributed by atoms with van der Waals surface area (Å²) in [5.41, 5.74) is 0. The zero-order chi connectivity index (χ0) is 38.4. The first-order chi connectivity index (χ1) is 25.2. The number of amides is 1. The van der Waals surface area contributed by atoms with Crippen LogP contribution in [0.25, 0.3) is 0 Å². The van der Waals surface area contributed by atoms with Crippen LogP contribution in [0.15, 0.2) is 36.5 Å². The molecular weight excluding hydrogens is 666 g/mol. The van der Waals surface area contributed by atoms with Crippen molar-refractivity contribution in [2.24, 2.45) is 0 Å². The van der Waals surface area contributed by atoms with Gasteiger partial charge in [-0.25, -0.2) is 0 Å². The molecule has 1 heterocycles. The van der Waals surface area contributed by atoms with Crippen molar-refractivity contribution in [3.05, 3.63) is 36.5 Å². The second-order valence-corrected chi connectivity index (χ2v) is 14.3. The van der Waals surface area contributed by atoms with Gasteiger partial charge in [0.25, 0.3) is 0 Å². The number of aliphatic hydroxyl groups excluding tert-OH is 7. The molecule has 1 aliphatic rings. The van der Waals surface area contributed by atoms with Crippen LogP contribution in [0.3, 0.4) is 0 Å². The fourth-order valence-electron chi connectivity index (χ4n) is 6.14. The number of carbonyl (C=O) groups excluding carboxylic acids is 1. The van der Waals surface area contributed by atoms with Crippen LogP contribution in [-0.2, 0) is 14.3 Å². The predicted molar refractivity (Wildman–Crippen MR) is 205 cm³/mol. The standard InChI is InChI=1S/C41H75NO10/c1-3-5-7-9-11-13-15-16-17-19-21-23-25-27-29-34(45)40(50)42-32(31-51-41-39(49)38(48)37(47)35(30-43)52-41)36(46)33(44)28-26-24-22-20-18-14-12-10-8-6-4-2/h10,12-13,15,20,22,32-39,41,43-49H,3-9,11,14,16-19,21,23-31H2,1-2H3,(H,42,50)/b12-10+,15-13-,22-20+. The molecule has 0 spiro atoms. The molecule has 0 saturated carbocycles. The smallest absolute Gasteiger partial charge is 0.249 e. The van der Waals surface area contributed by atoms with Crippen molar-refractivity contribution >= 4 is 5.91 Å². The lowest BCUT2D eigenvalue weighted by atomic mass is 9.98. The van der Waals surface area contributed by atoms with Gasteiger partial charge in [0.2, 0.25) is 5.91 Å². The molecule has 0 aromatic rings. The molecular formula is C41H75NO10. The maximum absolute atomic E-state index is 13.0. The molecule has 0 aliphatic carbocycles. The summed E-state index contributed by atoms with van der Waals surface area (Å²) in [6.07, 6.45) is 22.1. The van der Waals surface area contributed by atoms with Crippen LogP contribution in [0.5, 0.6) is 0 Å². The third-order valence-electron chi connectivity index (χ3n) is 9.64. The summed E-state index contributed by atoms with van der Waals surface area (Å²) >= 11 is 0. The molecule has 1 aliphatic heterocycles. The first-order valence-corrected chi connectivity index (χ1v) is 20.4. The van der Waals surface area contributed by atoms with Gasteiger partial charge in [0.1, 0.15) is 36.6 Å². The molecule has 1 fully saturated rings. The maximum atomic E-state index is 13.0. The molecule has 9 atom stereocenters. The molecule has 1 saturated heterocycles. The molecule has 0 radical (unpaired) electrons. The van der Waals surface area contributed by atoms with Crippen LogP contribution in [-0.4, -0.2) is 110 Å². The normalized spacial score (nSPS) is 23.4. The minimum atomic E-state index is -1.67. The summed E-state index contributed by atoms with van der Waals surface area (Å²) < 4.78 is 11.0. The summed E-state index contributed by atoms with van der Waals surface area (Å²) in [5.74, 6) is -0.721. The second-order valence-electron chi connectivity index (χ2n) is 14.3. The Hall–Kier alpha value is -1.67. The van der Waals surface area contributed by atoms with Gasteiger partial charge in [0, 0.05) is 0 Å². The lowest BCUT2D eigenvalue weighted by molar-refractivity contribution is -0.303. The summed E-state index contributed by atoms with van der Waals surface area (Å²) in [6.45, 7) is 3.31. The van der Waals surface area contributed by atoms with Crippen LogP contribution in [0.4, 0.5) is 0 Å². The second kappa shape index (κ2) is 31.7. The van der Waals surface area contributed by atoms with Crippen molar-refractivity contribution in [2.75, 3.05) is 13.2 Å². The Labute approximate surface area is 314 Å². The third kappa shape index (κ3) is 21.9. The van der Waals surface area contributed by atoms with Gasteiger partial charge in [-0.05, 0) is 70.6 Å². The van der Waals surface area contributed by atoms with Gasteiger partial charge >= 0.3 is 0 Å². The first kappa shape index (κ1) is 48.3. The van der Waals surface area contributed by atoms with E-state index in [1.807, 2.05) is 6.08 Å². The van der Waals surface area contributed by atoms with Crippen LogP contribution in [0.1, 0.15) is 149 Å². The van der Waals surface area contributed by atoms with Gasteiger partial charge in [-0.3, -0.25) is 4.79 Å². The van der Waals surface area contributed by atoms with E-state index in [0.29, 0.717) is 19.3 Å². The molecule has 1 amide bonds. The highest BCUT2D eigenvalue weighted by Gasteiger charge is 2.44. The largest absolute Gasteiger partial charge is 0.394 e. The van der Waals surface area contributed by atoms with Crippen molar-refractivity contribution in [1.29, 1.82) is 0 Å². The van der Waals surface area contributed by atoms with Gasteiger partial charge in [0.15, 0.2) is 6.29 Å². The third-order valence-corrected chi connectivity index (χ3v) is 9.64. The summed E-state index contributed by atoms with van der Waals surface area (Å²) in [7, 11) is 0. The van der Waals surface area contributed by atoms with Crippen LogP contribution >= 0.6 is 0 Å². The van der Waals surface area contributed by atoms with E-state index >= 15 is 0 Å². The van der Waals surface area contributed by atoms with Crippen LogP contribution < -0.4 is 5.32 Å². The Morgan fingerprint density at radius 1 is 0.654 bits per heavy atom. The Morgan fingerprint density at radius 2 is 1.17 bits per heavy atom. The number of ether oxygens (including phenoxy) is 2. The van der Waals surface area contributed by atoms with Crippen LogP contribution in [0.2, 0.25) is 0 Å². The number of rotatable bonds is 32. The maximum Gasteiger partial charge on any atom is 0.249 e. The number of carbonyl (C=O) groups is 1. The fraction of sp³-hybridized carbons (Fsp3) is 0.829. The van der Waals surface area contributed by atoms with Gasteiger partial charge in [-0.1, -0.05) is 115 Å². The molecule has 9 unspecified atom stereocenters. The van der Waals surface area contributed by atoms with Crippen molar-refractivity contribution in [1.82, 2.24) is 5.32 Å². The average molecular weight is 742 g/mol. The number of hydrogen-bond donors (Lipinski definition) is 8. The highest BCUT2D eigenvalue weighted by atomic mass is 16.7. The summed E-state index contributed by atoms with van der Waals surface area (Å²) in [5, 5.41) is 75.2. The van der Waals surface area contributed by atoms with Gasteiger partial charge in [-0.15, -0.1) is 0 Å². The molecule has 11 heteroatoms. The topological polar surface area (TPSA) is 189 Å². The number of aliphatic hydroxyl groups is 7. The molecule has 8 N–H and O–H groups in total. The summed E-state index contributed by atoms with van der Waals surface area (Å²) in [6, 6.07) is -1.19. The van der Waals surface area contributed by atoms with Gasteiger partial charge < -0.3 is 50.5 Å². The zero-order valence-electron chi connectivity index (χ0n) is 32.3. The molecule has 11 nitrogen and oxygen atoms in total. The highest BCUT2D eigenvalue weighted by molar-refractivity contribution is 5.80. The molecule has 52 heavy (non-hydrogen) atoms. The monoisotopic (exact) mass is 742 g/mol. The molecule has 0 bridgehead atoms. The summed E-state index contributed by atoms with van der Waals surface area (Å²) in [4.78, 5) is 13.0. The van der Waals surface area contributed by atoms with E-state index in [0.717, 1.165) is 64.2 Å². The minimum Gasteiger partial charge on any atom is -0.394 e. The first-order valence-electron chi connectivity index (χ1n) is 20.4. The Bertz CT molecular complexity index is 945. The van der Waals surface area contributed by atoms with Crippen molar-refractivity contribution < 1.29 is 50.0 Å². The van der Waals surface area contributed by atoms with Gasteiger partial charge in [0.05, 0.1) is 25.4 Å². The quantitative estimate of drug-likeness (QED) is 0.0333. The van der Waals surface area contributed by atoms with E-state index in [9.17, 15) is 40.5 Å². The minimum absolute atomic E-state index is 0.242. The predicted octanol–water partition coefficient (Wildman–Crippen LogP) is 5.27. The molecule has 304 valence electrons. The fourth-order valence-corrected chi connectivity index (χ4v) is 6.14. The lowest BCUT2D eigenvalue weighted by Gasteiger charge is -2.40. The van der Waals surface area contributed by atoms with E-state index < -0.39 is 74.2 Å². The van der Waals surface area contributed by atoms with Crippen molar-refractivity contribution in [3.63, 3.8) is 0 Å².